The summed E-state index contributed by atoms with van der Waals surface area (Å²) in [6.07, 6.45) is 0. The molecule has 34 heavy (non-hydrogen) atoms. The van der Waals surface area contributed by atoms with Crippen LogP contribution in [-0.2, 0) is 28.7 Å². The highest BCUT2D eigenvalue weighted by Crippen LogP contribution is 2.17. The van der Waals surface area contributed by atoms with Crippen molar-refractivity contribution >= 4 is 15.7 Å². The van der Waals surface area contributed by atoms with Crippen molar-refractivity contribution in [2.24, 2.45) is 0 Å². The second-order valence-corrected chi connectivity index (χ2v) is 10.8. The van der Waals surface area contributed by atoms with Crippen LogP contribution in [0.15, 0.2) is 83.8 Å². The SMILES string of the molecule is CN1CCN(Cc2cccc(CNC(=O)c3cccc(CS(=O)(=O)c4ccccc4)c3)c2)CC1. The molecule has 7 heteroatoms. The van der Waals surface area contributed by atoms with Crippen LogP contribution < -0.4 is 5.32 Å². The van der Waals surface area contributed by atoms with E-state index in [2.05, 4.69) is 34.3 Å². The largest absolute Gasteiger partial charge is 0.348 e. The number of rotatable bonds is 8. The van der Waals surface area contributed by atoms with Crippen molar-refractivity contribution in [2.45, 2.75) is 23.7 Å². The van der Waals surface area contributed by atoms with E-state index in [-0.39, 0.29) is 16.6 Å². The lowest BCUT2D eigenvalue weighted by Gasteiger charge is -2.32. The Morgan fingerprint density at radius 2 is 1.50 bits per heavy atom. The molecule has 1 N–H and O–H groups in total. The van der Waals surface area contributed by atoms with Crippen LogP contribution in [0.5, 0.6) is 0 Å². The van der Waals surface area contributed by atoms with Crippen LogP contribution in [-0.4, -0.2) is 57.4 Å². The summed E-state index contributed by atoms with van der Waals surface area (Å²) >= 11 is 0. The van der Waals surface area contributed by atoms with Crippen molar-refractivity contribution in [3.63, 3.8) is 0 Å². The number of sulfone groups is 1. The number of likely N-dealkylation sites (N-methyl/N-ethyl adjacent to an activating group) is 1. The van der Waals surface area contributed by atoms with Gasteiger partial charge >= 0.3 is 0 Å². The summed E-state index contributed by atoms with van der Waals surface area (Å²) in [5.41, 5.74) is 3.33. The van der Waals surface area contributed by atoms with Crippen LogP contribution in [0.4, 0.5) is 0 Å². The summed E-state index contributed by atoms with van der Waals surface area (Å²) in [7, 11) is -1.32. The molecule has 1 amide bonds. The van der Waals surface area contributed by atoms with Gasteiger partial charge in [0.25, 0.3) is 5.91 Å². The summed E-state index contributed by atoms with van der Waals surface area (Å²) in [5.74, 6) is -0.365. The monoisotopic (exact) mass is 477 g/mol. The Morgan fingerprint density at radius 3 is 2.26 bits per heavy atom. The van der Waals surface area contributed by atoms with E-state index in [1.807, 2.05) is 12.1 Å². The van der Waals surface area contributed by atoms with Crippen LogP contribution in [0.25, 0.3) is 0 Å². The number of carbonyl (C=O) groups is 1. The van der Waals surface area contributed by atoms with E-state index >= 15 is 0 Å². The first-order valence-electron chi connectivity index (χ1n) is 11.5. The smallest absolute Gasteiger partial charge is 0.251 e. The molecule has 0 radical (unpaired) electrons. The van der Waals surface area contributed by atoms with E-state index in [4.69, 9.17) is 0 Å². The molecule has 1 heterocycles. The number of hydrogen-bond acceptors (Lipinski definition) is 5. The van der Waals surface area contributed by atoms with E-state index in [1.54, 1.807) is 54.6 Å². The minimum atomic E-state index is -3.47. The van der Waals surface area contributed by atoms with Gasteiger partial charge in [0, 0.05) is 44.8 Å². The molecule has 4 rings (SSSR count). The fraction of sp³-hybridized carbons (Fsp3) is 0.296. The Balaban J connectivity index is 1.35. The summed E-state index contributed by atoms with van der Waals surface area (Å²) in [4.78, 5) is 17.8. The lowest BCUT2D eigenvalue weighted by molar-refractivity contribution is 0.0950. The zero-order valence-corrected chi connectivity index (χ0v) is 20.3. The van der Waals surface area contributed by atoms with Crippen molar-refractivity contribution in [3.05, 3.63) is 101 Å². The fourth-order valence-corrected chi connectivity index (χ4v) is 5.48. The van der Waals surface area contributed by atoms with Gasteiger partial charge in [0.05, 0.1) is 10.6 Å². The van der Waals surface area contributed by atoms with E-state index in [9.17, 15) is 13.2 Å². The lowest BCUT2D eigenvalue weighted by Crippen LogP contribution is -2.43. The standard InChI is InChI=1S/C27H31N3O3S/c1-29-13-15-30(16-14-29)20-23-8-5-7-22(17-23)19-28-27(31)25-10-6-9-24(18-25)21-34(32,33)26-11-3-2-4-12-26/h2-12,17-18H,13-16,19-21H2,1H3,(H,28,31). The van der Waals surface area contributed by atoms with Crippen molar-refractivity contribution < 1.29 is 13.2 Å². The number of nitrogens with one attached hydrogen (secondary N) is 1. The highest BCUT2D eigenvalue weighted by atomic mass is 32.2. The molecule has 0 aromatic heterocycles. The van der Waals surface area contributed by atoms with E-state index < -0.39 is 9.84 Å². The van der Waals surface area contributed by atoms with Gasteiger partial charge in [-0.15, -0.1) is 0 Å². The molecule has 3 aromatic carbocycles. The second-order valence-electron chi connectivity index (χ2n) is 8.85. The number of nitrogens with zero attached hydrogens (tertiary/aromatic N) is 2. The molecule has 6 nitrogen and oxygen atoms in total. The molecule has 0 saturated carbocycles. The quantitative estimate of drug-likeness (QED) is 0.539. The van der Waals surface area contributed by atoms with Gasteiger partial charge in [-0.2, -0.15) is 0 Å². The van der Waals surface area contributed by atoms with E-state index in [1.165, 1.54) is 5.56 Å². The Labute approximate surface area is 202 Å². The first-order chi connectivity index (χ1) is 16.4. The van der Waals surface area contributed by atoms with Crippen LogP contribution in [0.3, 0.4) is 0 Å². The molecule has 1 fully saturated rings. The third-order valence-electron chi connectivity index (χ3n) is 6.09. The number of carbonyl (C=O) groups excluding carboxylic acids is 1. The molecule has 3 aromatic rings. The highest BCUT2D eigenvalue weighted by Gasteiger charge is 2.16. The van der Waals surface area contributed by atoms with Gasteiger partial charge < -0.3 is 10.2 Å². The molecule has 1 aliphatic rings. The average Bonchev–Trinajstić information content (AvgIpc) is 2.85. The van der Waals surface area contributed by atoms with Gasteiger partial charge in [0.2, 0.25) is 0 Å². The zero-order valence-electron chi connectivity index (χ0n) is 19.5. The van der Waals surface area contributed by atoms with Gasteiger partial charge in [0.1, 0.15) is 0 Å². The summed E-state index contributed by atoms with van der Waals surface area (Å²) in [5, 5.41) is 2.96. The molecule has 0 aliphatic carbocycles. The normalized spacial score (nSPS) is 15.2. The molecule has 178 valence electrons. The third kappa shape index (κ3) is 6.53. The Kier molecular flexibility index (Phi) is 7.77. The van der Waals surface area contributed by atoms with Crippen LogP contribution >= 0.6 is 0 Å². The predicted octanol–water partition coefficient (Wildman–Crippen LogP) is 3.34. The third-order valence-corrected chi connectivity index (χ3v) is 7.80. The maximum Gasteiger partial charge on any atom is 0.251 e. The Hall–Kier alpha value is -3.00. The predicted molar refractivity (Wildman–Crippen MR) is 134 cm³/mol. The maximum atomic E-state index is 12.8. The van der Waals surface area contributed by atoms with Crippen LogP contribution in [0.1, 0.15) is 27.0 Å². The molecule has 0 spiro atoms. The summed E-state index contributed by atoms with van der Waals surface area (Å²) in [6, 6.07) is 23.5. The summed E-state index contributed by atoms with van der Waals surface area (Å²) < 4.78 is 25.4. The summed E-state index contributed by atoms with van der Waals surface area (Å²) in [6.45, 7) is 5.63. The highest BCUT2D eigenvalue weighted by molar-refractivity contribution is 7.90. The minimum absolute atomic E-state index is 0.146. The number of amides is 1. The molecule has 1 aliphatic heterocycles. The van der Waals surface area contributed by atoms with Gasteiger partial charge in [-0.05, 0) is 48.0 Å². The molecule has 0 unspecified atom stereocenters. The topological polar surface area (TPSA) is 69.7 Å². The molecule has 0 atom stereocenters. The molecule has 1 saturated heterocycles. The first-order valence-corrected chi connectivity index (χ1v) is 13.2. The van der Waals surface area contributed by atoms with Gasteiger partial charge in [-0.1, -0.05) is 54.6 Å². The second kappa shape index (κ2) is 11.0. The number of benzene rings is 3. The molecule has 0 bridgehead atoms. The van der Waals surface area contributed by atoms with Gasteiger partial charge in [-0.25, -0.2) is 8.42 Å². The van der Waals surface area contributed by atoms with Crippen LogP contribution in [0, 0.1) is 0 Å². The average molecular weight is 478 g/mol. The first kappa shape index (κ1) is 24.1. The van der Waals surface area contributed by atoms with E-state index in [0.29, 0.717) is 17.7 Å². The number of piperazine rings is 1. The lowest BCUT2D eigenvalue weighted by atomic mass is 10.1. The van der Waals surface area contributed by atoms with Crippen LogP contribution in [0.2, 0.25) is 0 Å². The molecular formula is C27H31N3O3S. The van der Waals surface area contributed by atoms with E-state index in [0.717, 1.165) is 38.3 Å². The zero-order chi connectivity index (χ0) is 24.0. The van der Waals surface area contributed by atoms with Gasteiger partial charge in [0.15, 0.2) is 9.84 Å². The maximum absolute atomic E-state index is 12.8. The fourth-order valence-electron chi connectivity index (χ4n) is 4.12. The van der Waals surface area contributed by atoms with Crippen molar-refractivity contribution in [3.8, 4) is 0 Å². The van der Waals surface area contributed by atoms with Crippen molar-refractivity contribution in [2.75, 3.05) is 33.2 Å². The van der Waals surface area contributed by atoms with Crippen molar-refractivity contribution in [1.82, 2.24) is 15.1 Å². The Morgan fingerprint density at radius 1 is 0.824 bits per heavy atom. The Bertz CT molecular complexity index is 1220. The molecular weight excluding hydrogens is 446 g/mol. The van der Waals surface area contributed by atoms with Gasteiger partial charge in [-0.3, -0.25) is 9.69 Å². The number of hydrogen-bond donors (Lipinski definition) is 1. The van der Waals surface area contributed by atoms with Crippen molar-refractivity contribution in [1.29, 1.82) is 0 Å². The minimum Gasteiger partial charge on any atom is -0.348 e.